The summed E-state index contributed by atoms with van der Waals surface area (Å²) in [6, 6.07) is -0.162. The molecule has 0 aromatic rings. The highest BCUT2D eigenvalue weighted by Gasteiger charge is 2.02. The number of rotatable bonds is 10. The van der Waals surface area contributed by atoms with E-state index in [1.165, 1.54) is 44.9 Å². The predicted molar refractivity (Wildman–Crippen MR) is 71.4 cm³/mol. The Morgan fingerprint density at radius 1 is 1.06 bits per heavy atom. The average molecular weight is 227 g/mol. The highest BCUT2D eigenvalue weighted by atomic mass is 16.3. The van der Waals surface area contributed by atoms with Gasteiger partial charge in [-0.25, -0.2) is 0 Å². The van der Waals surface area contributed by atoms with Crippen LogP contribution in [-0.4, -0.2) is 17.3 Å². The molecule has 0 rings (SSSR count). The number of aliphatic hydroxyl groups is 1. The lowest BCUT2D eigenvalue weighted by atomic mass is 10.1. The van der Waals surface area contributed by atoms with E-state index in [4.69, 9.17) is 5.73 Å². The van der Waals surface area contributed by atoms with E-state index in [-0.39, 0.29) is 6.04 Å². The number of hydrogen-bond acceptors (Lipinski definition) is 2. The van der Waals surface area contributed by atoms with E-state index in [0.29, 0.717) is 0 Å². The van der Waals surface area contributed by atoms with Crippen LogP contribution in [0.3, 0.4) is 0 Å². The normalized spacial score (nSPS) is 15.5. The Labute approximate surface area is 101 Å². The van der Waals surface area contributed by atoms with Gasteiger partial charge in [0.1, 0.15) is 0 Å². The Morgan fingerprint density at radius 3 is 2.19 bits per heavy atom. The van der Waals surface area contributed by atoms with Crippen LogP contribution in [0.4, 0.5) is 0 Å². The molecule has 0 aromatic heterocycles. The minimum atomic E-state index is -0.482. The lowest BCUT2D eigenvalue weighted by Gasteiger charge is -2.08. The summed E-state index contributed by atoms with van der Waals surface area (Å²) >= 11 is 0. The van der Waals surface area contributed by atoms with Crippen molar-refractivity contribution in [1.82, 2.24) is 0 Å². The molecule has 0 amide bonds. The number of hydrogen-bond donors (Lipinski definition) is 2. The van der Waals surface area contributed by atoms with E-state index in [1.807, 2.05) is 13.0 Å². The quantitative estimate of drug-likeness (QED) is 0.444. The molecular formula is C14H29NO. The molecule has 0 bridgehead atoms. The third kappa shape index (κ3) is 10.2. The first kappa shape index (κ1) is 15.7. The molecule has 0 aliphatic rings. The second-order valence-electron chi connectivity index (χ2n) is 4.69. The summed E-state index contributed by atoms with van der Waals surface area (Å²) in [5, 5.41) is 9.41. The maximum absolute atomic E-state index is 9.41. The van der Waals surface area contributed by atoms with Crippen LogP contribution in [0.2, 0.25) is 0 Å². The molecule has 2 unspecified atom stereocenters. The summed E-state index contributed by atoms with van der Waals surface area (Å²) in [4.78, 5) is 0. The van der Waals surface area contributed by atoms with Crippen molar-refractivity contribution < 1.29 is 5.11 Å². The van der Waals surface area contributed by atoms with Crippen LogP contribution in [0.5, 0.6) is 0 Å². The molecule has 2 nitrogen and oxygen atoms in total. The lowest BCUT2D eigenvalue weighted by molar-refractivity contribution is 0.198. The van der Waals surface area contributed by atoms with Crippen molar-refractivity contribution in [1.29, 1.82) is 0 Å². The molecule has 16 heavy (non-hydrogen) atoms. The van der Waals surface area contributed by atoms with Crippen LogP contribution in [-0.2, 0) is 0 Å². The number of nitrogens with two attached hydrogens (primary N) is 1. The maximum atomic E-state index is 9.41. The highest BCUT2D eigenvalue weighted by molar-refractivity contribution is 4.92. The van der Waals surface area contributed by atoms with Gasteiger partial charge in [0.15, 0.2) is 0 Å². The van der Waals surface area contributed by atoms with Gasteiger partial charge < -0.3 is 10.8 Å². The molecule has 0 aliphatic carbocycles. The summed E-state index contributed by atoms with van der Waals surface area (Å²) in [6.45, 7) is 4.07. The van der Waals surface area contributed by atoms with Crippen molar-refractivity contribution in [2.75, 3.05) is 0 Å². The van der Waals surface area contributed by atoms with Gasteiger partial charge in [-0.2, -0.15) is 0 Å². The van der Waals surface area contributed by atoms with E-state index in [1.54, 1.807) is 0 Å². The van der Waals surface area contributed by atoms with Crippen molar-refractivity contribution >= 4 is 0 Å². The van der Waals surface area contributed by atoms with Gasteiger partial charge in [0.05, 0.1) is 6.10 Å². The van der Waals surface area contributed by atoms with Crippen molar-refractivity contribution in [3.8, 4) is 0 Å². The molecule has 0 fully saturated rings. The van der Waals surface area contributed by atoms with E-state index >= 15 is 0 Å². The SMILES string of the molecule is CCCCCCCCCC=CC(O)C(C)N. The minimum Gasteiger partial charge on any atom is -0.387 e. The first-order valence-corrected chi connectivity index (χ1v) is 6.78. The molecule has 0 aliphatic heterocycles. The Balaban J connectivity index is 3.20. The van der Waals surface area contributed by atoms with Crippen LogP contribution in [0, 0.1) is 0 Å². The van der Waals surface area contributed by atoms with Gasteiger partial charge in [-0.3, -0.25) is 0 Å². The fourth-order valence-corrected chi connectivity index (χ4v) is 1.63. The van der Waals surface area contributed by atoms with Gasteiger partial charge in [-0.1, -0.05) is 57.6 Å². The molecule has 0 heterocycles. The largest absolute Gasteiger partial charge is 0.387 e. The van der Waals surface area contributed by atoms with Crippen LogP contribution in [0.1, 0.15) is 65.2 Å². The van der Waals surface area contributed by atoms with Crippen LogP contribution in [0.25, 0.3) is 0 Å². The van der Waals surface area contributed by atoms with E-state index in [0.717, 1.165) is 6.42 Å². The Hall–Kier alpha value is -0.340. The first-order chi connectivity index (χ1) is 7.68. The fourth-order valence-electron chi connectivity index (χ4n) is 1.63. The molecule has 0 spiro atoms. The molecule has 2 heteroatoms. The Bertz CT molecular complexity index is 166. The van der Waals surface area contributed by atoms with Crippen LogP contribution < -0.4 is 5.73 Å². The zero-order valence-corrected chi connectivity index (χ0v) is 11.0. The van der Waals surface area contributed by atoms with E-state index in [9.17, 15) is 5.11 Å². The molecule has 3 N–H and O–H groups in total. The van der Waals surface area contributed by atoms with E-state index < -0.39 is 6.10 Å². The zero-order valence-electron chi connectivity index (χ0n) is 11.0. The second-order valence-corrected chi connectivity index (χ2v) is 4.69. The number of aliphatic hydroxyl groups excluding tert-OH is 1. The van der Waals surface area contributed by atoms with Crippen molar-refractivity contribution in [3.05, 3.63) is 12.2 Å². The topological polar surface area (TPSA) is 46.2 Å². The smallest absolute Gasteiger partial charge is 0.0869 e. The van der Waals surface area contributed by atoms with Crippen molar-refractivity contribution in [3.63, 3.8) is 0 Å². The monoisotopic (exact) mass is 227 g/mol. The standard InChI is InChI=1S/C14H29NO/c1-3-4-5-6-7-8-9-10-11-12-14(16)13(2)15/h11-14,16H,3-10,15H2,1-2H3. The van der Waals surface area contributed by atoms with Crippen molar-refractivity contribution in [2.45, 2.75) is 77.4 Å². The van der Waals surface area contributed by atoms with Gasteiger partial charge in [0, 0.05) is 6.04 Å². The van der Waals surface area contributed by atoms with Gasteiger partial charge in [-0.15, -0.1) is 0 Å². The van der Waals surface area contributed by atoms with Gasteiger partial charge >= 0.3 is 0 Å². The zero-order chi connectivity index (χ0) is 12.2. The van der Waals surface area contributed by atoms with Gasteiger partial charge in [0.2, 0.25) is 0 Å². The molecule has 2 atom stereocenters. The van der Waals surface area contributed by atoms with Gasteiger partial charge in [-0.05, 0) is 19.8 Å². The van der Waals surface area contributed by atoms with E-state index in [2.05, 4.69) is 13.0 Å². The number of unbranched alkanes of at least 4 members (excludes halogenated alkanes) is 7. The van der Waals surface area contributed by atoms with Gasteiger partial charge in [0.25, 0.3) is 0 Å². The van der Waals surface area contributed by atoms with Crippen LogP contribution in [0.15, 0.2) is 12.2 Å². The molecule has 96 valence electrons. The summed E-state index contributed by atoms with van der Waals surface area (Å²) in [5.41, 5.74) is 5.54. The lowest BCUT2D eigenvalue weighted by Crippen LogP contribution is -2.29. The third-order valence-corrected chi connectivity index (χ3v) is 2.85. The highest BCUT2D eigenvalue weighted by Crippen LogP contribution is 2.08. The van der Waals surface area contributed by atoms with Crippen molar-refractivity contribution in [2.24, 2.45) is 5.73 Å². The number of allylic oxidation sites excluding steroid dienone is 1. The third-order valence-electron chi connectivity index (χ3n) is 2.85. The van der Waals surface area contributed by atoms with Crippen LogP contribution >= 0.6 is 0 Å². The predicted octanol–water partition coefficient (Wildman–Crippen LogP) is 3.39. The fraction of sp³-hybridized carbons (Fsp3) is 0.857. The molecule has 0 saturated carbocycles. The summed E-state index contributed by atoms with van der Waals surface area (Å²) in [5.74, 6) is 0. The average Bonchev–Trinajstić information content (AvgIpc) is 2.26. The Morgan fingerprint density at radius 2 is 1.62 bits per heavy atom. The summed E-state index contributed by atoms with van der Waals surface area (Å²) < 4.78 is 0. The maximum Gasteiger partial charge on any atom is 0.0869 e. The summed E-state index contributed by atoms with van der Waals surface area (Å²) in [6.07, 6.45) is 13.8. The molecule has 0 aromatic carbocycles. The summed E-state index contributed by atoms with van der Waals surface area (Å²) in [7, 11) is 0. The Kier molecular flexibility index (Phi) is 10.9. The molecule has 0 radical (unpaired) electrons. The molecular weight excluding hydrogens is 198 g/mol. The molecule has 0 saturated heterocycles. The first-order valence-electron chi connectivity index (χ1n) is 6.78. The second kappa shape index (κ2) is 11.2. The minimum absolute atomic E-state index is 0.162.